The van der Waals surface area contributed by atoms with Gasteiger partial charge in [0.2, 0.25) is 0 Å². The fourth-order valence-corrected chi connectivity index (χ4v) is 1.90. The highest BCUT2D eigenvalue weighted by Gasteiger charge is 2.16. The Kier molecular flexibility index (Phi) is 3.57. The molecule has 1 aliphatic rings. The van der Waals surface area contributed by atoms with E-state index in [9.17, 15) is 0 Å². The van der Waals surface area contributed by atoms with Gasteiger partial charge in [-0.15, -0.1) is 0 Å². The lowest BCUT2D eigenvalue weighted by molar-refractivity contribution is 0.306. The maximum absolute atomic E-state index is 4.10. The minimum absolute atomic E-state index is 0.917. The van der Waals surface area contributed by atoms with Crippen molar-refractivity contribution in [3.05, 3.63) is 42.5 Å². The molecule has 80 valence electrons. The van der Waals surface area contributed by atoms with Crippen LogP contribution in [0.1, 0.15) is 24.8 Å². The van der Waals surface area contributed by atoms with E-state index >= 15 is 0 Å². The molecule has 2 rings (SSSR count). The monoisotopic (exact) mass is 201 g/mol. The van der Waals surface area contributed by atoms with Crippen molar-refractivity contribution in [3.63, 3.8) is 0 Å². The molecule has 0 spiro atoms. The first kappa shape index (κ1) is 10.4. The standard InChI is InChI=1S/C14H19N/c1-12(14-8-3-2-4-9-14)10-15-11-13-6-5-7-13/h2-4,8-9,13,15H,1,5-7,10-11H2. The zero-order valence-electron chi connectivity index (χ0n) is 9.21. The van der Waals surface area contributed by atoms with E-state index in [-0.39, 0.29) is 0 Å². The van der Waals surface area contributed by atoms with E-state index in [1.165, 1.54) is 30.4 Å². The van der Waals surface area contributed by atoms with Gasteiger partial charge in [0.05, 0.1) is 0 Å². The molecular formula is C14H19N. The molecule has 1 aromatic rings. The van der Waals surface area contributed by atoms with Crippen LogP contribution < -0.4 is 5.32 Å². The fraction of sp³-hybridized carbons (Fsp3) is 0.429. The van der Waals surface area contributed by atoms with Crippen LogP contribution in [0.2, 0.25) is 0 Å². The predicted octanol–water partition coefficient (Wildman–Crippen LogP) is 3.09. The second kappa shape index (κ2) is 5.13. The van der Waals surface area contributed by atoms with Crippen LogP contribution in [0, 0.1) is 5.92 Å². The molecule has 1 saturated carbocycles. The summed E-state index contributed by atoms with van der Waals surface area (Å²) in [7, 11) is 0. The molecule has 1 N–H and O–H groups in total. The molecular weight excluding hydrogens is 182 g/mol. The summed E-state index contributed by atoms with van der Waals surface area (Å²) in [5.41, 5.74) is 2.44. The second-order valence-electron chi connectivity index (χ2n) is 4.40. The zero-order chi connectivity index (χ0) is 10.5. The number of nitrogens with one attached hydrogen (secondary N) is 1. The normalized spacial score (nSPS) is 16.0. The Hall–Kier alpha value is -1.08. The minimum atomic E-state index is 0.917. The van der Waals surface area contributed by atoms with Gasteiger partial charge in [0.15, 0.2) is 0 Å². The van der Waals surface area contributed by atoms with Gasteiger partial charge in [0.1, 0.15) is 0 Å². The second-order valence-corrected chi connectivity index (χ2v) is 4.40. The number of hydrogen-bond donors (Lipinski definition) is 1. The molecule has 1 nitrogen and oxygen atoms in total. The Balaban J connectivity index is 1.72. The third-order valence-corrected chi connectivity index (χ3v) is 3.18. The quantitative estimate of drug-likeness (QED) is 0.772. The number of rotatable bonds is 5. The maximum atomic E-state index is 4.10. The summed E-state index contributed by atoms with van der Waals surface area (Å²) in [5.74, 6) is 0.925. The molecule has 1 heteroatoms. The van der Waals surface area contributed by atoms with Crippen molar-refractivity contribution in [1.82, 2.24) is 5.32 Å². The smallest absolute Gasteiger partial charge is 0.0205 e. The summed E-state index contributed by atoms with van der Waals surface area (Å²) < 4.78 is 0. The molecule has 1 fully saturated rings. The van der Waals surface area contributed by atoms with Gasteiger partial charge in [-0.3, -0.25) is 0 Å². The van der Waals surface area contributed by atoms with Crippen LogP contribution in [-0.2, 0) is 0 Å². The lowest BCUT2D eigenvalue weighted by Gasteiger charge is -2.25. The summed E-state index contributed by atoms with van der Waals surface area (Å²) in [4.78, 5) is 0. The van der Waals surface area contributed by atoms with Crippen LogP contribution in [0.4, 0.5) is 0 Å². The van der Waals surface area contributed by atoms with E-state index in [0.29, 0.717) is 0 Å². The van der Waals surface area contributed by atoms with Crippen molar-refractivity contribution in [2.75, 3.05) is 13.1 Å². The SMILES string of the molecule is C=C(CNCC1CCC1)c1ccccc1. The Morgan fingerprint density at radius 3 is 2.60 bits per heavy atom. The van der Waals surface area contributed by atoms with Crippen LogP contribution in [0.25, 0.3) is 5.57 Å². The maximum Gasteiger partial charge on any atom is 0.0205 e. The van der Waals surface area contributed by atoms with Crippen molar-refractivity contribution in [1.29, 1.82) is 0 Å². The van der Waals surface area contributed by atoms with Crippen molar-refractivity contribution in [2.45, 2.75) is 19.3 Å². The van der Waals surface area contributed by atoms with E-state index in [0.717, 1.165) is 19.0 Å². The molecule has 0 aliphatic heterocycles. The minimum Gasteiger partial charge on any atom is -0.312 e. The van der Waals surface area contributed by atoms with Crippen LogP contribution in [-0.4, -0.2) is 13.1 Å². The average molecular weight is 201 g/mol. The number of hydrogen-bond acceptors (Lipinski definition) is 1. The van der Waals surface area contributed by atoms with E-state index < -0.39 is 0 Å². The van der Waals surface area contributed by atoms with E-state index in [1.807, 2.05) is 6.07 Å². The van der Waals surface area contributed by atoms with Gasteiger partial charge in [-0.05, 0) is 36.4 Å². The molecule has 0 radical (unpaired) electrons. The first-order chi connectivity index (χ1) is 7.36. The Morgan fingerprint density at radius 1 is 1.27 bits per heavy atom. The van der Waals surface area contributed by atoms with Gasteiger partial charge < -0.3 is 5.32 Å². The average Bonchev–Trinajstić information content (AvgIpc) is 2.23. The van der Waals surface area contributed by atoms with Crippen molar-refractivity contribution in [3.8, 4) is 0 Å². The Morgan fingerprint density at radius 2 is 2.00 bits per heavy atom. The van der Waals surface area contributed by atoms with Crippen molar-refractivity contribution >= 4 is 5.57 Å². The Labute approximate surface area is 92.2 Å². The third kappa shape index (κ3) is 2.93. The van der Waals surface area contributed by atoms with Crippen LogP contribution >= 0.6 is 0 Å². The molecule has 0 bridgehead atoms. The molecule has 0 saturated heterocycles. The highest BCUT2D eigenvalue weighted by molar-refractivity contribution is 5.64. The van der Waals surface area contributed by atoms with E-state index in [1.54, 1.807) is 0 Å². The topological polar surface area (TPSA) is 12.0 Å². The molecule has 1 aromatic carbocycles. The summed E-state index contributed by atoms with van der Waals surface area (Å²) >= 11 is 0. The highest BCUT2D eigenvalue weighted by atomic mass is 14.9. The Bertz CT molecular complexity index is 311. The number of benzene rings is 1. The molecule has 1 aliphatic carbocycles. The van der Waals surface area contributed by atoms with Crippen LogP contribution in [0.5, 0.6) is 0 Å². The predicted molar refractivity (Wildman–Crippen MR) is 65.7 cm³/mol. The fourth-order valence-electron chi connectivity index (χ4n) is 1.90. The zero-order valence-corrected chi connectivity index (χ0v) is 9.21. The highest BCUT2D eigenvalue weighted by Crippen LogP contribution is 2.25. The van der Waals surface area contributed by atoms with E-state index in [4.69, 9.17) is 0 Å². The molecule has 0 aromatic heterocycles. The molecule has 0 atom stereocenters. The van der Waals surface area contributed by atoms with Gasteiger partial charge in [-0.25, -0.2) is 0 Å². The lowest BCUT2D eigenvalue weighted by Crippen LogP contribution is -2.28. The molecule has 0 unspecified atom stereocenters. The summed E-state index contributed by atoms with van der Waals surface area (Å²) in [5, 5.41) is 3.49. The summed E-state index contributed by atoms with van der Waals surface area (Å²) in [6.07, 6.45) is 4.24. The lowest BCUT2D eigenvalue weighted by atomic mass is 9.85. The van der Waals surface area contributed by atoms with Gasteiger partial charge in [-0.2, -0.15) is 0 Å². The third-order valence-electron chi connectivity index (χ3n) is 3.18. The molecule has 0 heterocycles. The van der Waals surface area contributed by atoms with Gasteiger partial charge >= 0.3 is 0 Å². The first-order valence-corrected chi connectivity index (χ1v) is 5.80. The van der Waals surface area contributed by atoms with Crippen molar-refractivity contribution in [2.24, 2.45) is 5.92 Å². The van der Waals surface area contributed by atoms with Crippen LogP contribution in [0.15, 0.2) is 36.9 Å². The van der Waals surface area contributed by atoms with Gasteiger partial charge in [-0.1, -0.05) is 43.3 Å². The van der Waals surface area contributed by atoms with Crippen LogP contribution in [0.3, 0.4) is 0 Å². The van der Waals surface area contributed by atoms with Crippen molar-refractivity contribution < 1.29 is 0 Å². The molecule has 0 amide bonds. The van der Waals surface area contributed by atoms with Gasteiger partial charge in [0, 0.05) is 6.54 Å². The molecule has 15 heavy (non-hydrogen) atoms. The largest absolute Gasteiger partial charge is 0.312 e. The first-order valence-electron chi connectivity index (χ1n) is 5.80. The summed E-state index contributed by atoms with van der Waals surface area (Å²) in [6.45, 7) is 6.18. The van der Waals surface area contributed by atoms with E-state index in [2.05, 4.69) is 36.2 Å². The van der Waals surface area contributed by atoms with Gasteiger partial charge in [0.25, 0.3) is 0 Å². The summed E-state index contributed by atoms with van der Waals surface area (Å²) in [6, 6.07) is 10.4.